The molecule has 0 radical (unpaired) electrons. The first-order valence-electron chi connectivity index (χ1n) is 9.78. The monoisotopic (exact) mass is 559 g/mol. The number of hydrogen-bond acceptors (Lipinski definition) is 5. The average Bonchev–Trinajstić information content (AvgIpc) is 3.14. The Morgan fingerprint density at radius 1 is 1.12 bits per heavy atom. The number of rotatable bonds is 6. The summed E-state index contributed by atoms with van der Waals surface area (Å²) in [4.78, 5) is 16.7. The van der Waals surface area contributed by atoms with Gasteiger partial charge in [-0.3, -0.25) is 0 Å². The van der Waals surface area contributed by atoms with Crippen molar-refractivity contribution in [3.8, 4) is 11.5 Å². The van der Waals surface area contributed by atoms with E-state index in [4.69, 9.17) is 25.8 Å². The Bertz CT molecular complexity index is 1240. The average molecular weight is 560 g/mol. The molecule has 0 atom stereocenters. The van der Waals surface area contributed by atoms with Gasteiger partial charge < -0.3 is 14.2 Å². The van der Waals surface area contributed by atoms with Crippen molar-refractivity contribution in [2.24, 2.45) is 4.99 Å². The third kappa shape index (κ3) is 4.97. The minimum atomic E-state index is -0.516. The van der Waals surface area contributed by atoms with E-state index < -0.39 is 5.97 Å². The summed E-state index contributed by atoms with van der Waals surface area (Å²) in [6.07, 6.45) is 1.62. The lowest BCUT2D eigenvalue weighted by atomic mass is 10.1. The van der Waals surface area contributed by atoms with Gasteiger partial charge in [-0.2, -0.15) is 0 Å². The lowest BCUT2D eigenvalue weighted by Crippen LogP contribution is -2.06. The van der Waals surface area contributed by atoms with E-state index in [0.29, 0.717) is 28.7 Å². The van der Waals surface area contributed by atoms with Gasteiger partial charge in [-0.15, -0.1) is 0 Å². The molecule has 0 N–H and O–H groups in total. The van der Waals surface area contributed by atoms with Gasteiger partial charge >= 0.3 is 5.97 Å². The van der Waals surface area contributed by atoms with Gasteiger partial charge in [-0.05, 0) is 82.6 Å². The maximum atomic E-state index is 12.4. The molecule has 0 spiro atoms. The zero-order chi connectivity index (χ0) is 22.7. The predicted molar refractivity (Wildman–Crippen MR) is 133 cm³/mol. The third-order valence-electron chi connectivity index (χ3n) is 4.85. The number of aliphatic imine (C=N–C) groups is 1. The van der Waals surface area contributed by atoms with Crippen molar-refractivity contribution in [2.45, 2.75) is 13.5 Å². The van der Waals surface area contributed by atoms with Gasteiger partial charge in [0.25, 0.3) is 0 Å². The Kier molecular flexibility index (Phi) is 6.81. The van der Waals surface area contributed by atoms with Crippen LogP contribution in [0.15, 0.2) is 71.4 Å². The Labute approximate surface area is 204 Å². The van der Waals surface area contributed by atoms with Crippen molar-refractivity contribution in [3.05, 3.63) is 97.2 Å². The van der Waals surface area contributed by atoms with E-state index in [-0.39, 0.29) is 11.6 Å². The molecule has 32 heavy (non-hydrogen) atoms. The first kappa shape index (κ1) is 22.4. The molecule has 0 amide bonds. The Morgan fingerprint density at radius 2 is 1.88 bits per heavy atom. The van der Waals surface area contributed by atoms with E-state index in [9.17, 15) is 4.79 Å². The fraction of sp³-hybridized carbons (Fsp3) is 0.120. The molecule has 1 aliphatic rings. The van der Waals surface area contributed by atoms with Gasteiger partial charge in [0.2, 0.25) is 5.90 Å². The summed E-state index contributed by atoms with van der Waals surface area (Å²) < 4.78 is 17.9. The molecule has 0 saturated heterocycles. The topological polar surface area (TPSA) is 57.1 Å². The Hall–Kier alpha value is -2.84. The van der Waals surface area contributed by atoms with Crippen LogP contribution in [0.5, 0.6) is 11.5 Å². The number of nitrogens with zero attached hydrogens (tertiary/aromatic N) is 1. The number of carbonyl (C=O) groups is 1. The predicted octanol–water partition coefficient (Wildman–Crippen LogP) is 6.19. The van der Waals surface area contributed by atoms with Crippen LogP contribution in [0.25, 0.3) is 6.08 Å². The molecule has 1 aliphatic heterocycles. The first-order chi connectivity index (χ1) is 15.4. The quantitative estimate of drug-likeness (QED) is 0.205. The SMILES string of the molecule is COc1cc(/C=C2\N=C(c3ccccc3C)OC2=O)cc(Cl)c1OCc1ccc(I)cc1. The van der Waals surface area contributed by atoms with Crippen molar-refractivity contribution in [2.75, 3.05) is 7.11 Å². The van der Waals surface area contributed by atoms with Gasteiger partial charge in [-0.25, -0.2) is 9.79 Å². The molecule has 0 fully saturated rings. The highest BCUT2D eigenvalue weighted by molar-refractivity contribution is 14.1. The summed E-state index contributed by atoms with van der Waals surface area (Å²) in [6, 6.07) is 19.1. The summed E-state index contributed by atoms with van der Waals surface area (Å²) >= 11 is 8.74. The number of ether oxygens (including phenoxy) is 3. The van der Waals surface area contributed by atoms with E-state index in [0.717, 1.165) is 20.3 Å². The highest BCUT2D eigenvalue weighted by Crippen LogP contribution is 2.38. The normalized spacial score (nSPS) is 14.3. The summed E-state index contributed by atoms with van der Waals surface area (Å²) in [7, 11) is 1.54. The molecule has 0 unspecified atom stereocenters. The lowest BCUT2D eigenvalue weighted by Gasteiger charge is -2.13. The van der Waals surface area contributed by atoms with Crippen molar-refractivity contribution >= 4 is 52.1 Å². The second-order valence-electron chi connectivity index (χ2n) is 7.10. The second-order valence-corrected chi connectivity index (χ2v) is 8.75. The summed E-state index contributed by atoms with van der Waals surface area (Å²) in [5.74, 6) is 0.671. The summed E-state index contributed by atoms with van der Waals surface area (Å²) in [5, 5.41) is 0.371. The van der Waals surface area contributed by atoms with Crippen LogP contribution < -0.4 is 9.47 Å². The Morgan fingerprint density at radius 3 is 2.59 bits per heavy atom. The molecule has 0 bridgehead atoms. The largest absolute Gasteiger partial charge is 0.493 e. The standard InChI is InChI=1S/C25H19ClINO4/c1-15-5-3-4-6-19(15)24-28-21(25(29)32-24)12-17-11-20(26)23(22(13-17)30-2)31-14-16-7-9-18(27)10-8-16/h3-13H,14H2,1-2H3/b21-12-. The number of halogens is 2. The van der Waals surface area contributed by atoms with Crippen LogP contribution >= 0.6 is 34.2 Å². The molecule has 4 rings (SSSR count). The first-order valence-corrected chi connectivity index (χ1v) is 11.2. The molecule has 1 heterocycles. The number of carbonyl (C=O) groups excluding carboxylic acids is 1. The molecule has 0 aromatic heterocycles. The number of methoxy groups -OCH3 is 1. The van der Waals surface area contributed by atoms with Crippen molar-refractivity contribution in [1.82, 2.24) is 0 Å². The minimum absolute atomic E-state index is 0.189. The molecule has 3 aromatic rings. The van der Waals surface area contributed by atoms with Crippen LogP contribution in [0.2, 0.25) is 5.02 Å². The number of aryl methyl sites for hydroxylation is 1. The number of esters is 1. The number of cyclic esters (lactones) is 1. The van der Waals surface area contributed by atoms with Crippen LogP contribution in [-0.4, -0.2) is 19.0 Å². The van der Waals surface area contributed by atoms with Crippen LogP contribution in [-0.2, 0) is 16.1 Å². The van der Waals surface area contributed by atoms with Gasteiger partial charge in [0, 0.05) is 9.13 Å². The lowest BCUT2D eigenvalue weighted by molar-refractivity contribution is -0.129. The zero-order valence-corrected chi connectivity index (χ0v) is 20.3. The fourth-order valence-electron chi connectivity index (χ4n) is 3.19. The molecule has 0 saturated carbocycles. The zero-order valence-electron chi connectivity index (χ0n) is 17.4. The highest BCUT2D eigenvalue weighted by Gasteiger charge is 2.25. The van der Waals surface area contributed by atoms with E-state index >= 15 is 0 Å². The van der Waals surface area contributed by atoms with E-state index in [1.165, 1.54) is 0 Å². The van der Waals surface area contributed by atoms with Crippen LogP contribution in [0, 0.1) is 10.5 Å². The smallest absolute Gasteiger partial charge is 0.363 e. The summed E-state index contributed by atoms with van der Waals surface area (Å²) in [5.41, 5.74) is 3.60. The van der Waals surface area contributed by atoms with Crippen molar-refractivity contribution in [1.29, 1.82) is 0 Å². The minimum Gasteiger partial charge on any atom is -0.493 e. The van der Waals surface area contributed by atoms with Crippen molar-refractivity contribution in [3.63, 3.8) is 0 Å². The van der Waals surface area contributed by atoms with Gasteiger partial charge in [0.15, 0.2) is 17.2 Å². The van der Waals surface area contributed by atoms with E-state index in [1.54, 1.807) is 25.3 Å². The van der Waals surface area contributed by atoms with Crippen LogP contribution in [0.1, 0.15) is 22.3 Å². The third-order valence-corrected chi connectivity index (χ3v) is 5.85. The van der Waals surface area contributed by atoms with Crippen molar-refractivity contribution < 1.29 is 19.0 Å². The molecule has 5 nitrogen and oxygen atoms in total. The maximum absolute atomic E-state index is 12.4. The van der Waals surface area contributed by atoms with Gasteiger partial charge in [0.1, 0.15) is 6.61 Å². The fourth-order valence-corrected chi connectivity index (χ4v) is 3.83. The number of hydrogen-bond donors (Lipinski definition) is 0. The van der Waals surface area contributed by atoms with Gasteiger partial charge in [0.05, 0.1) is 12.1 Å². The van der Waals surface area contributed by atoms with E-state index in [2.05, 4.69) is 27.6 Å². The molecular formula is C25H19ClINO4. The molecule has 162 valence electrons. The molecule has 0 aliphatic carbocycles. The van der Waals surface area contributed by atoms with E-state index in [1.807, 2.05) is 55.5 Å². The second kappa shape index (κ2) is 9.75. The maximum Gasteiger partial charge on any atom is 0.363 e. The molecule has 7 heteroatoms. The van der Waals surface area contributed by atoms with Gasteiger partial charge in [-0.1, -0.05) is 41.9 Å². The Balaban J connectivity index is 1.59. The number of benzene rings is 3. The van der Waals surface area contributed by atoms with Crippen LogP contribution in [0.3, 0.4) is 0 Å². The van der Waals surface area contributed by atoms with Crippen LogP contribution in [0.4, 0.5) is 0 Å². The summed E-state index contributed by atoms with van der Waals surface area (Å²) in [6.45, 7) is 2.29. The molecular weight excluding hydrogens is 541 g/mol. The highest BCUT2D eigenvalue weighted by atomic mass is 127. The molecule has 3 aromatic carbocycles.